The third kappa shape index (κ3) is 2.68. The van der Waals surface area contributed by atoms with Gasteiger partial charge in [-0.2, -0.15) is 0 Å². The number of aromatic hydroxyl groups is 1. The maximum Gasteiger partial charge on any atom is 0.163 e. The van der Waals surface area contributed by atoms with Crippen molar-refractivity contribution in [3.05, 3.63) is 48.0 Å². The van der Waals surface area contributed by atoms with Crippen molar-refractivity contribution < 1.29 is 14.6 Å². The summed E-state index contributed by atoms with van der Waals surface area (Å²) >= 11 is 0. The number of aliphatic imine (C=N–C) groups is 1. The molecule has 0 aromatic heterocycles. The summed E-state index contributed by atoms with van der Waals surface area (Å²) < 4.78 is 10.9. The van der Waals surface area contributed by atoms with Gasteiger partial charge in [0.1, 0.15) is 19.0 Å². The van der Waals surface area contributed by atoms with Crippen LogP contribution in [0.5, 0.6) is 17.2 Å². The standard InChI is InChI=1S/C15H13NO3/c17-13-4-1-11(2-5-13)10-16-12-3-6-14-15(9-12)19-8-7-18-14/h1-6,9-10,17H,7-8H2. The van der Waals surface area contributed by atoms with E-state index in [0.717, 1.165) is 22.7 Å². The van der Waals surface area contributed by atoms with Crippen molar-refractivity contribution in [3.63, 3.8) is 0 Å². The summed E-state index contributed by atoms with van der Waals surface area (Å²) in [6.45, 7) is 1.15. The molecule has 0 bridgehead atoms. The average Bonchev–Trinajstić information content (AvgIpc) is 2.46. The number of hydrogen-bond donors (Lipinski definition) is 1. The Labute approximate surface area is 110 Å². The van der Waals surface area contributed by atoms with Crippen LogP contribution in [0.4, 0.5) is 5.69 Å². The van der Waals surface area contributed by atoms with Crippen LogP contribution < -0.4 is 9.47 Å². The van der Waals surface area contributed by atoms with Gasteiger partial charge in [-0.1, -0.05) is 0 Å². The molecule has 4 heteroatoms. The number of fused-ring (bicyclic) bond motifs is 1. The van der Waals surface area contributed by atoms with Gasteiger partial charge in [0.15, 0.2) is 11.5 Å². The summed E-state index contributed by atoms with van der Waals surface area (Å²) in [4.78, 5) is 4.37. The number of nitrogens with zero attached hydrogens (tertiary/aromatic N) is 1. The van der Waals surface area contributed by atoms with E-state index in [9.17, 15) is 5.11 Å². The van der Waals surface area contributed by atoms with E-state index in [2.05, 4.69) is 4.99 Å². The molecule has 0 aliphatic carbocycles. The monoisotopic (exact) mass is 255 g/mol. The van der Waals surface area contributed by atoms with Crippen molar-refractivity contribution in [3.8, 4) is 17.2 Å². The zero-order chi connectivity index (χ0) is 13.1. The third-order valence-electron chi connectivity index (χ3n) is 2.78. The number of rotatable bonds is 2. The second-order valence-electron chi connectivity index (χ2n) is 4.18. The van der Waals surface area contributed by atoms with Gasteiger partial charge in [0.05, 0.1) is 5.69 Å². The van der Waals surface area contributed by atoms with Crippen LogP contribution in [0.2, 0.25) is 0 Å². The molecule has 0 spiro atoms. The fourth-order valence-corrected chi connectivity index (χ4v) is 1.82. The molecule has 2 aromatic carbocycles. The Morgan fingerprint density at radius 3 is 2.47 bits per heavy atom. The van der Waals surface area contributed by atoms with E-state index in [1.165, 1.54) is 0 Å². The summed E-state index contributed by atoms with van der Waals surface area (Å²) in [6.07, 6.45) is 1.74. The summed E-state index contributed by atoms with van der Waals surface area (Å²) in [6, 6.07) is 12.5. The van der Waals surface area contributed by atoms with E-state index in [-0.39, 0.29) is 5.75 Å². The number of benzene rings is 2. The molecule has 0 fully saturated rings. The summed E-state index contributed by atoms with van der Waals surface area (Å²) in [5.74, 6) is 1.73. The van der Waals surface area contributed by atoms with E-state index in [4.69, 9.17) is 9.47 Å². The van der Waals surface area contributed by atoms with Crippen molar-refractivity contribution in [2.24, 2.45) is 4.99 Å². The highest BCUT2D eigenvalue weighted by Crippen LogP contribution is 2.33. The minimum Gasteiger partial charge on any atom is -0.508 e. The van der Waals surface area contributed by atoms with Crippen molar-refractivity contribution in [2.75, 3.05) is 13.2 Å². The van der Waals surface area contributed by atoms with Gasteiger partial charge in [0, 0.05) is 12.3 Å². The van der Waals surface area contributed by atoms with E-state index >= 15 is 0 Å². The molecule has 1 N–H and O–H groups in total. The maximum atomic E-state index is 9.20. The lowest BCUT2D eigenvalue weighted by atomic mass is 10.2. The fraction of sp³-hybridized carbons (Fsp3) is 0.133. The zero-order valence-corrected chi connectivity index (χ0v) is 10.2. The number of hydrogen-bond acceptors (Lipinski definition) is 4. The summed E-state index contributed by atoms with van der Waals surface area (Å²) in [5.41, 5.74) is 1.73. The number of ether oxygens (including phenoxy) is 2. The molecule has 0 radical (unpaired) electrons. The maximum absolute atomic E-state index is 9.20. The van der Waals surface area contributed by atoms with E-state index in [1.54, 1.807) is 30.5 Å². The van der Waals surface area contributed by atoms with E-state index < -0.39 is 0 Å². The molecular formula is C15H13NO3. The van der Waals surface area contributed by atoms with Crippen LogP contribution in [0.25, 0.3) is 0 Å². The molecule has 2 aromatic rings. The van der Waals surface area contributed by atoms with Gasteiger partial charge in [-0.15, -0.1) is 0 Å². The van der Waals surface area contributed by atoms with Crippen LogP contribution in [-0.2, 0) is 0 Å². The minimum atomic E-state index is 0.247. The quantitative estimate of drug-likeness (QED) is 0.839. The molecule has 96 valence electrons. The molecule has 0 saturated carbocycles. The molecule has 3 rings (SSSR count). The average molecular weight is 255 g/mol. The first-order valence-corrected chi connectivity index (χ1v) is 6.04. The van der Waals surface area contributed by atoms with Gasteiger partial charge in [-0.05, 0) is 42.0 Å². The van der Waals surface area contributed by atoms with Crippen molar-refractivity contribution in [1.29, 1.82) is 0 Å². The van der Waals surface area contributed by atoms with Crippen LogP contribution in [0.3, 0.4) is 0 Å². The van der Waals surface area contributed by atoms with E-state index in [1.807, 2.05) is 18.2 Å². The lowest BCUT2D eigenvalue weighted by Gasteiger charge is -2.18. The fourth-order valence-electron chi connectivity index (χ4n) is 1.82. The second-order valence-corrected chi connectivity index (χ2v) is 4.18. The van der Waals surface area contributed by atoms with Gasteiger partial charge in [0.2, 0.25) is 0 Å². The predicted molar refractivity (Wildman–Crippen MR) is 72.8 cm³/mol. The molecule has 1 heterocycles. The molecule has 1 aliphatic rings. The Kier molecular flexibility index (Phi) is 3.06. The van der Waals surface area contributed by atoms with Crippen molar-refractivity contribution in [2.45, 2.75) is 0 Å². The van der Waals surface area contributed by atoms with Gasteiger partial charge >= 0.3 is 0 Å². The topological polar surface area (TPSA) is 51.1 Å². The Morgan fingerprint density at radius 2 is 1.68 bits per heavy atom. The van der Waals surface area contributed by atoms with Gasteiger partial charge < -0.3 is 14.6 Å². The van der Waals surface area contributed by atoms with Gasteiger partial charge in [-0.3, -0.25) is 4.99 Å². The van der Waals surface area contributed by atoms with Crippen LogP contribution in [0.15, 0.2) is 47.5 Å². The Morgan fingerprint density at radius 1 is 0.947 bits per heavy atom. The van der Waals surface area contributed by atoms with Crippen LogP contribution in [-0.4, -0.2) is 24.5 Å². The first-order chi connectivity index (χ1) is 9.31. The van der Waals surface area contributed by atoms with Crippen LogP contribution in [0.1, 0.15) is 5.56 Å². The van der Waals surface area contributed by atoms with Gasteiger partial charge in [-0.25, -0.2) is 0 Å². The summed E-state index contributed by atoms with van der Waals surface area (Å²) in [7, 11) is 0. The Bertz CT molecular complexity index is 605. The number of phenols is 1. The second kappa shape index (κ2) is 5.02. The first-order valence-electron chi connectivity index (χ1n) is 6.04. The highest BCUT2D eigenvalue weighted by atomic mass is 16.6. The SMILES string of the molecule is Oc1ccc(C=Nc2ccc3c(c2)OCCO3)cc1. The highest BCUT2D eigenvalue weighted by Gasteiger charge is 2.10. The van der Waals surface area contributed by atoms with Crippen LogP contribution in [0, 0.1) is 0 Å². The molecule has 4 nitrogen and oxygen atoms in total. The van der Waals surface area contributed by atoms with Crippen molar-refractivity contribution >= 4 is 11.9 Å². The first kappa shape index (κ1) is 11.6. The largest absolute Gasteiger partial charge is 0.508 e. The molecule has 0 atom stereocenters. The normalized spacial score (nSPS) is 13.7. The lowest BCUT2D eigenvalue weighted by molar-refractivity contribution is 0.171. The minimum absolute atomic E-state index is 0.247. The molecule has 19 heavy (non-hydrogen) atoms. The Balaban J connectivity index is 1.81. The molecule has 0 saturated heterocycles. The summed E-state index contributed by atoms with van der Waals surface area (Å²) in [5, 5.41) is 9.20. The molecule has 0 amide bonds. The van der Waals surface area contributed by atoms with E-state index in [0.29, 0.717) is 13.2 Å². The number of phenolic OH excluding ortho intramolecular Hbond substituents is 1. The van der Waals surface area contributed by atoms with Crippen LogP contribution >= 0.6 is 0 Å². The Hall–Kier alpha value is -2.49. The molecular weight excluding hydrogens is 242 g/mol. The lowest BCUT2D eigenvalue weighted by Crippen LogP contribution is -2.14. The molecule has 0 unspecified atom stereocenters. The highest BCUT2D eigenvalue weighted by molar-refractivity contribution is 5.82. The smallest absolute Gasteiger partial charge is 0.163 e. The third-order valence-corrected chi connectivity index (χ3v) is 2.78. The zero-order valence-electron chi connectivity index (χ0n) is 10.2. The van der Waals surface area contributed by atoms with Crippen molar-refractivity contribution in [1.82, 2.24) is 0 Å². The predicted octanol–water partition coefficient (Wildman–Crippen LogP) is 2.91. The molecule has 1 aliphatic heterocycles. The van der Waals surface area contributed by atoms with Gasteiger partial charge in [0.25, 0.3) is 0 Å².